The van der Waals surface area contributed by atoms with E-state index in [9.17, 15) is 9.18 Å². The highest BCUT2D eigenvalue weighted by Gasteiger charge is 2.06. The molecule has 2 aromatic rings. The fourth-order valence-corrected chi connectivity index (χ4v) is 2.05. The minimum atomic E-state index is -0.517. The van der Waals surface area contributed by atoms with Crippen molar-refractivity contribution in [2.24, 2.45) is 0 Å². The molecule has 0 aliphatic heterocycles. The van der Waals surface area contributed by atoms with Crippen LogP contribution in [0.1, 0.15) is 11.1 Å². The van der Waals surface area contributed by atoms with E-state index in [1.165, 1.54) is 12.1 Å². The van der Waals surface area contributed by atoms with Crippen molar-refractivity contribution in [3.63, 3.8) is 0 Å². The smallest absolute Gasteiger partial charge is 0.243 e. The molecule has 0 aliphatic carbocycles. The minimum Gasteiger partial charge on any atom is -0.376 e. The summed E-state index contributed by atoms with van der Waals surface area (Å²) in [6.45, 7) is 3.98. The van der Waals surface area contributed by atoms with Crippen LogP contribution >= 0.6 is 11.6 Å². The Morgan fingerprint density at radius 1 is 1.19 bits per heavy atom. The van der Waals surface area contributed by atoms with Crippen LogP contribution in [-0.4, -0.2) is 12.5 Å². The fraction of sp³-hybridized carbons (Fsp3) is 0.188. The van der Waals surface area contributed by atoms with Crippen molar-refractivity contribution in [2.75, 3.05) is 17.2 Å². The standard InChI is InChI=1S/C16H16ClFN2O/c1-10-3-6-15(11(2)7-10)20-16(21)9-19-12-4-5-13(17)14(18)8-12/h3-8,19H,9H2,1-2H3,(H,20,21). The molecule has 0 radical (unpaired) electrons. The van der Waals surface area contributed by atoms with Gasteiger partial charge in [0.05, 0.1) is 11.6 Å². The van der Waals surface area contributed by atoms with E-state index >= 15 is 0 Å². The molecule has 0 fully saturated rings. The second-order valence-corrected chi connectivity index (χ2v) is 5.26. The van der Waals surface area contributed by atoms with E-state index in [2.05, 4.69) is 10.6 Å². The second kappa shape index (κ2) is 6.59. The summed E-state index contributed by atoms with van der Waals surface area (Å²) in [5, 5.41) is 5.72. The molecule has 0 saturated carbocycles. The number of carbonyl (C=O) groups excluding carboxylic acids is 1. The van der Waals surface area contributed by atoms with Gasteiger partial charge in [-0.05, 0) is 43.7 Å². The lowest BCUT2D eigenvalue weighted by Crippen LogP contribution is -2.22. The lowest BCUT2D eigenvalue weighted by molar-refractivity contribution is -0.114. The molecule has 21 heavy (non-hydrogen) atoms. The van der Waals surface area contributed by atoms with Crippen LogP contribution in [0, 0.1) is 19.7 Å². The highest BCUT2D eigenvalue weighted by atomic mass is 35.5. The lowest BCUT2D eigenvalue weighted by Gasteiger charge is -2.10. The normalized spacial score (nSPS) is 10.3. The van der Waals surface area contributed by atoms with Crippen LogP contribution < -0.4 is 10.6 Å². The molecule has 0 heterocycles. The number of amides is 1. The summed E-state index contributed by atoms with van der Waals surface area (Å²) < 4.78 is 13.3. The van der Waals surface area contributed by atoms with Gasteiger partial charge in [-0.25, -0.2) is 4.39 Å². The summed E-state index contributed by atoms with van der Waals surface area (Å²) in [4.78, 5) is 11.9. The highest BCUT2D eigenvalue weighted by Crippen LogP contribution is 2.19. The molecule has 3 nitrogen and oxygen atoms in total. The summed E-state index contributed by atoms with van der Waals surface area (Å²) >= 11 is 5.60. The van der Waals surface area contributed by atoms with Gasteiger partial charge in [0, 0.05) is 11.4 Å². The van der Waals surface area contributed by atoms with E-state index in [1.54, 1.807) is 6.07 Å². The minimum absolute atomic E-state index is 0.0500. The molecule has 2 rings (SSSR count). The van der Waals surface area contributed by atoms with Gasteiger partial charge in [0.1, 0.15) is 5.82 Å². The Bertz CT molecular complexity index is 673. The first-order valence-corrected chi connectivity index (χ1v) is 6.89. The number of carbonyl (C=O) groups is 1. The van der Waals surface area contributed by atoms with Crippen LogP contribution in [0.5, 0.6) is 0 Å². The number of hydrogen-bond acceptors (Lipinski definition) is 2. The maximum absolute atomic E-state index is 13.3. The van der Waals surface area contributed by atoms with Gasteiger partial charge in [0.25, 0.3) is 0 Å². The van der Waals surface area contributed by atoms with E-state index < -0.39 is 5.82 Å². The highest BCUT2D eigenvalue weighted by molar-refractivity contribution is 6.30. The van der Waals surface area contributed by atoms with Crippen LogP contribution in [0.25, 0.3) is 0 Å². The SMILES string of the molecule is Cc1ccc(NC(=O)CNc2ccc(Cl)c(F)c2)c(C)c1. The number of rotatable bonds is 4. The number of aryl methyl sites for hydroxylation is 2. The first kappa shape index (κ1) is 15.3. The average molecular weight is 307 g/mol. The van der Waals surface area contributed by atoms with Crippen LogP contribution in [0.2, 0.25) is 5.02 Å². The Morgan fingerprint density at radius 2 is 1.95 bits per heavy atom. The van der Waals surface area contributed by atoms with Crippen LogP contribution in [-0.2, 0) is 4.79 Å². The largest absolute Gasteiger partial charge is 0.376 e. The molecule has 110 valence electrons. The van der Waals surface area contributed by atoms with E-state index in [0.717, 1.165) is 16.8 Å². The molecule has 0 spiro atoms. The number of halogens is 2. The van der Waals surface area contributed by atoms with Crippen molar-refractivity contribution in [3.8, 4) is 0 Å². The first-order chi connectivity index (χ1) is 9.95. The van der Waals surface area contributed by atoms with Crippen LogP contribution in [0.15, 0.2) is 36.4 Å². The van der Waals surface area contributed by atoms with Gasteiger partial charge in [0.15, 0.2) is 0 Å². The molecule has 0 unspecified atom stereocenters. The third-order valence-corrected chi connectivity index (χ3v) is 3.34. The molecule has 1 amide bonds. The molecule has 2 N–H and O–H groups in total. The average Bonchev–Trinajstić information content (AvgIpc) is 2.43. The number of nitrogens with one attached hydrogen (secondary N) is 2. The van der Waals surface area contributed by atoms with Gasteiger partial charge in [-0.15, -0.1) is 0 Å². The summed E-state index contributed by atoms with van der Waals surface area (Å²) in [5.74, 6) is -0.714. The maximum atomic E-state index is 13.3. The molecule has 0 aromatic heterocycles. The molecule has 0 aliphatic rings. The zero-order chi connectivity index (χ0) is 15.4. The second-order valence-electron chi connectivity index (χ2n) is 4.85. The zero-order valence-electron chi connectivity index (χ0n) is 11.8. The first-order valence-electron chi connectivity index (χ1n) is 6.52. The van der Waals surface area contributed by atoms with Crippen LogP contribution in [0.3, 0.4) is 0 Å². The van der Waals surface area contributed by atoms with E-state index in [-0.39, 0.29) is 17.5 Å². The summed E-state index contributed by atoms with van der Waals surface area (Å²) in [6, 6.07) is 10.1. The quantitative estimate of drug-likeness (QED) is 0.891. The van der Waals surface area contributed by atoms with Crippen molar-refractivity contribution in [2.45, 2.75) is 13.8 Å². The topological polar surface area (TPSA) is 41.1 Å². The van der Waals surface area contributed by atoms with Gasteiger partial charge in [-0.2, -0.15) is 0 Å². The summed E-state index contributed by atoms with van der Waals surface area (Å²) in [6.07, 6.45) is 0. The number of anilines is 2. The van der Waals surface area contributed by atoms with Crippen molar-refractivity contribution >= 4 is 28.9 Å². The predicted octanol–water partition coefficient (Wildman–Crippen LogP) is 4.15. The molecular formula is C16H16ClFN2O. The van der Waals surface area contributed by atoms with Crippen molar-refractivity contribution < 1.29 is 9.18 Å². The Hall–Kier alpha value is -2.07. The zero-order valence-corrected chi connectivity index (χ0v) is 12.6. The van der Waals surface area contributed by atoms with E-state index in [4.69, 9.17) is 11.6 Å². The Morgan fingerprint density at radius 3 is 2.62 bits per heavy atom. The predicted molar refractivity (Wildman–Crippen MR) is 84.4 cm³/mol. The summed E-state index contributed by atoms with van der Waals surface area (Å²) in [7, 11) is 0. The Kier molecular flexibility index (Phi) is 4.81. The van der Waals surface area contributed by atoms with Gasteiger partial charge < -0.3 is 10.6 Å². The van der Waals surface area contributed by atoms with Crippen molar-refractivity contribution in [1.82, 2.24) is 0 Å². The Labute approximate surface area is 128 Å². The lowest BCUT2D eigenvalue weighted by atomic mass is 10.1. The van der Waals surface area contributed by atoms with Gasteiger partial charge in [-0.1, -0.05) is 29.3 Å². The van der Waals surface area contributed by atoms with Gasteiger partial charge >= 0.3 is 0 Å². The van der Waals surface area contributed by atoms with Gasteiger partial charge in [0.2, 0.25) is 5.91 Å². The Balaban J connectivity index is 1.94. The molecule has 2 aromatic carbocycles. The third-order valence-electron chi connectivity index (χ3n) is 3.03. The van der Waals surface area contributed by atoms with E-state index in [0.29, 0.717) is 5.69 Å². The fourth-order valence-electron chi connectivity index (χ4n) is 1.94. The van der Waals surface area contributed by atoms with Crippen LogP contribution in [0.4, 0.5) is 15.8 Å². The monoisotopic (exact) mass is 306 g/mol. The molecular weight excluding hydrogens is 291 g/mol. The maximum Gasteiger partial charge on any atom is 0.243 e. The third kappa shape index (κ3) is 4.20. The molecule has 5 heteroatoms. The van der Waals surface area contributed by atoms with E-state index in [1.807, 2.05) is 32.0 Å². The summed E-state index contributed by atoms with van der Waals surface area (Å²) in [5.41, 5.74) is 3.42. The number of benzene rings is 2. The van der Waals surface area contributed by atoms with Crippen molar-refractivity contribution in [3.05, 3.63) is 58.4 Å². The molecule has 0 saturated heterocycles. The number of hydrogen-bond donors (Lipinski definition) is 2. The van der Waals surface area contributed by atoms with Gasteiger partial charge in [-0.3, -0.25) is 4.79 Å². The molecule has 0 bridgehead atoms. The molecule has 0 atom stereocenters. The van der Waals surface area contributed by atoms with Crippen molar-refractivity contribution in [1.29, 1.82) is 0 Å².